The van der Waals surface area contributed by atoms with E-state index in [4.69, 9.17) is 24.5 Å². The molecule has 0 saturated heterocycles. The van der Waals surface area contributed by atoms with E-state index in [1.165, 1.54) is 0 Å². The third kappa shape index (κ3) is 15.4. The first-order chi connectivity index (χ1) is 5.41. The standard InChI is InChI=1S/H3N.Na.H5O10P3.H/c;;1-11(2,3)9-13(7,8)10-12(4,5)6;/h1H3;;(H,7,8)(H2,1,2,3)(H2,4,5,6);/q;+1;;-1. The van der Waals surface area contributed by atoms with Gasteiger partial charge in [0.15, 0.2) is 0 Å². The van der Waals surface area contributed by atoms with E-state index in [0.717, 1.165) is 0 Å². The Morgan fingerprint density at radius 1 is 0.800 bits per heavy atom. The monoisotopic (exact) mass is 299 g/mol. The quantitative estimate of drug-likeness (QED) is 0.222. The van der Waals surface area contributed by atoms with Crippen molar-refractivity contribution in [2.45, 2.75) is 0 Å². The zero-order chi connectivity index (χ0) is 10.9. The third-order valence-corrected chi connectivity index (χ3v) is 3.77. The molecule has 0 aliphatic rings. The molecule has 0 heterocycles. The predicted molar refractivity (Wildman–Crippen MR) is 42.2 cm³/mol. The molecule has 15 heavy (non-hydrogen) atoms. The molecule has 90 valence electrons. The molecule has 0 atom stereocenters. The van der Waals surface area contributed by atoms with E-state index in [0.29, 0.717) is 0 Å². The van der Waals surface area contributed by atoms with E-state index in [2.05, 4.69) is 8.62 Å². The van der Waals surface area contributed by atoms with Crippen molar-refractivity contribution >= 4 is 23.5 Å². The first-order valence-electron chi connectivity index (χ1n) is 2.28. The van der Waals surface area contributed by atoms with Gasteiger partial charge in [-0.05, 0) is 0 Å². The molecule has 11 nitrogen and oxygen atoms in total. The van der Waals surface area contributed by atoms with Crippen molar-refractivity contribution in [3.05, 3.63) is 0 Å². The van der Waals surface area contributed by atoms with E-state index >= 15 is 0 Å². The fraction of sp³-hybridized carbons (Fsp3) is 0. The van der Waals surface area contributed by atoms with Gasteiger partial charge in [-0.2, -0.15) is 8.62 Å². The fourth-order valence-electron chi connectivity index (χ4n) is 0.284. The number of hydrogen-bond donors (Lipinski definition) is 6. The minimum absolute atomic E-state index is 0. The molecule has 0 aromatic carbocycles. The number of hydrogen-bond acceptors (Lipinski definition) is 6. The average Bonchev–Trinajstić information content (AvgIpc) is 1.43. The van der Waals surface area contributed by atoms with Crippen LogP contribution in [0.1, 0.15) is 1.43 Å². The van der Waals surface area contributed by atoms with Crippen LogP contribution >= 0.6 is 23.5 Å². The second kappa shape index (κ2) is 6.95. The third-order valence-electron chi connectivity index (χ3n) is 0.419. The minimum Gasteiger partial charge on any atom is -1.00 e. The Labute approximate surface area is 107 Å². The van der Waals surface area contributed by atoms with Gasteiger partial charge in [-0.1, -0.05) is 0 Å². The molecule has 0 aliphatic carbocycles. The van der Waals surface area contributed by atoms with Crippen molar-refractivity contribution in [3.8, 4) is 0 Å². The minimum atomic E-state index is -5.46. The molecular weight excluding hydrogens is 290 g/mol. The molecular formula is H9NNaO10P3. The molecule has 0 saturated carbocycles. The van der Waals surface area contributed by atoms with Crippen LogP contribution < -0.4 is 35.7 Å². The van der Waals surface area contributed by atoms with Crippen LogP contribution in [0.5, 0.6) is 0 Å². The first kappa shape index (κ1) is 21.6. The van der Waals surface area contributed by atoms with Gasteiger partial charge in [0.25, 0.3) is 0 Å². The summed E-state index contributed by atoms with van der Waals surface area (Å²) < 4.78 is 36.4. The van der Waals surface area contributed by atoms with Crippen molar-refractivity contribution in [1.29, 1.82) is 0 Å². The molecule has 0 aromatic rings. The van der Waals surface area contributed by atoms with Crippen LogP contribution in [0.2, 0.25) is 0 Å². The van der Waals surface area contributed by atoms with Gasteiger partial charge in [-0.25, -0.2) is 13.7 Å². The Hall–Kier alpha value is 1.37. The molecule has 0 unspecified atom stereocenters. The van der Waals surface area contributed by atoms with E-state index in [9.17, 15) is 13.7 Å². The van der Waals surface area contributed by atoms with E-state index in [1.54, 1.807) is 0 Å². The number of rotatable bonds is 4. The molecule has 0 spiro atoms. The maximum absolute atomic E-state index is 10.4. The van der Waals surface area contributed by atoms with Gasteiger partial charge in [0.1, 0.15) is 0 Å². The second-order valence-corrected chi connectivity index (χ2v) is 5.82. The zero-order valence-electron chi connectivity index (χ0n) is 8.33. The van der Waals surface area contributed by atoms with Gasteiger partial charge in [0, 0.05) is 0 Å². The molecule has 0 rings (SSSR count). The average molecular weight is 299 g/mol. The molecule has 8 N–H and O–H groups in total. The topological polar surface area (TPSA) is 206 Å². The molecule has 15 heteroatoms. The van der Waals surface area contributed by atoms with E-state index in [-0.39, 0.29) is 37.1 Å². The Balaban J connectivity index is -0.000000240. The molecule has 0 amide bonds. The predicted octanol–water partition coefficient (Wildman–Crippen LogP) is -3.42. The summed E-state index contributed by atoms with van der Waals surface area (Å²) in [7, 11) is -16.2. The van der Waals surface area contributed by atoms with Gasteiger partial charge in [-0.3, -0.25) is 0 Å². The Morgan fingerprint density at radius 3 is 1.13 bits per heavy atom. The van der Waals surface area contributed by atoms with Gasteiger partial charge < -0.3 is 32.0 Å². The largest absolute Gasteiger partial charge is 1.00 e. The summed E-state index contributed by atoms with van der Waals surface area (Å²) in [6.07, 6.45) is 0. The summed E-state index contributed by atoms with van der Waals surface area (Å²) >= 11 is 0. The molecule has 0 bridgehead atoms. The van der Waals surface area contributed by atoms with Crippen LogP contribution in [0, 0.1) is 0 Å². The van der Waals surface area contributed by atoms with Gasteiger partial charge in [0.05, 0.1) is 0 Å². The molecule has 0 aromatic heterocycles. The van der Waals surface area contributed by atoms with Crippen LogP contribution in [-0.4, -0.2) is 24.5 Å². The Bertz CT molecular complexity index is 288. The molecule has 0 fully saturated rings. The zero-order valence-corrected chi connectivity index (χ0v) is 12.0. The van der Waals surface area contributed by atoms with Gasteiger partial charge in [0.2, 0.25) is 0 Å². The van der Waals surface area contributed by atoms with Crippen LogP contribution in [0.4, 0.5) is 0 Å². The van der Waals surface area contributed by atoms with Crippen LogP contribution in [0.3, 0.4) is 0 Å². The Morgan fingerprint density at radius 2 is 1.00 bits per heavy atom. The fourth-order valence-corrected chi connectivity index (χ4v) is 2.82. The smallest absolute Gasteiger partial charge is 1.00 e. The van der Waals surface area contributed by atoms with Gasteiger partial charge >= 0.3 is 53.0 Å². The van der Waals surface area contributed by atoms with Crippen molar-refractivity contribution in [2.75, 3.05) is 0 Å². The van der Waals surface area contributed by atoms with Crippen LogP contribution in [0.25, 0.3) is 0 Å². The summed E-state index contributed by atoms with van der Waals surface area (Å²) in [4.78, 5) is 40.2. The normalized spacial score (nSPS) is 12.6. The van der Waals surface area contributed by atoms with Gasteiger partial charge in [-0.15, -0.1) is 0 Å². The SMILES string of the molecule is N.O=P(O)(O)OP(=O)(O)OP(=O)(O)O.[H-].[Na+]. The summed E-state index contributed by atoms with van der Waals surface area (Å²) in [5, 5.41) is 0. The summed E-state index contributed by atoms with van der Waals surface area (Å²) in [6, 6.07) is 0. The molecule has 0 radical (unpaired) electrons. The van der Waals surface area contributed by atoms with E-state index in [1.807, 2.05) is 0 Å². The van der Waals surface area contributed by atoms with Crippen LogP contribution in [-0.2, 0) is 22.3 Å². The van der Waals surface area contributed by atoms with Crippen molar-refractivity contribution in [1.82, 2.24) is 6.15 Å². The summed E-state index contributed by atoms with van der Waals surface area (Å²) in [6.45, 7) is 0. The summed E-state index contributed by atoms with van der Waals surface area (Å²) in [5.74, 6) is 0. The maximum Gasteiger partial charge on any atom is 1.00 e. The van der Waals surface area contributed by atoms with Crippen molar-refractivity contribution in [3.63, 3.8) is 0 Å². The molecule has 0 aliphatic heterocycles. The first-order valence-corrected chi connectivity index (χ1v) is 6.83. The maximum atomic E-state index is 10.4. The second-order valence-electron chi connectivity index (χ2n) is 1.61. The van der Waals surface area contributed by atoms with Crippen molar-refractivity contribution < 1.29 is 77.8 Å². The van der Waals surface area contributed by atoms with Crippen LogP contribution in [0.15, 0.2) is 0 Å². The van der Waals surface area contributed by atoms with E-state index < -0.39 is 23.5 Å². The van der Waals surface area contributed by atoms with Crippen molar-refractivity contribution in [2.24, 2.45) is 0 Å². The Kier molecular flexibility index (Phi) is 10.0. The number of phosphoric acid groups is 3. The summed E-state index contributed by atoms with van der Waals surface area (Å²) in [5.41, 5.74) is 0.